The van der Waals surface area contributed by atoms with Crippen LogP contribution >= 0.6 is 58.1 Å². The van der Waals surface area contributed by atoms with Crippen LogP contribution < -0.4 is 5.32 Å². The standard InChI is InChI=1S/C13H7Cl4N3S/c14-7-2-1-6(8(15)3-7)5-18-11-9(16)4-10(17)12-13(11)20-21-19-12/h1-4,18H,5H2. The van der Waals surface area contributed by atoms with Crippen LogP contribution in [0.5, 0.6) is 0 Å². The van der Waals surface area contributed by atoms with E-state index >= 15 is 0 Å². The first-order valence-corrected chi connectivity index (χ1v) is 8.08. The highest BCUT2D eigenvalue weighted by Crippen LogP contribution is 2.35. The van der Waals surface area contributed by atoms with Gasteiger partial charge in [-0.05, 0) is 23.8 Å². The zero-order valence-corrected chi connectivity index (χ0v) is 14.2. The summed E-state index contributed by atoms with van der Waals surface area (Å²) >= 11 is 25.5. The summed E-state index contributed by atoms with van der Waals surface area (Å²) in [5, 5.41) is 5.40. The van der Waals surface area contributed by atoms with Gasteiger partial charge in [-0.2, -0.15) is 8.75 Å². The summed E-state index contributed by atoms with van der Waals surface area (Å²) in [6, 6.07) is 6.99. The Labute approximate surface area is 145 Å². The van der Waals surface area contributed by atoms with Crippen molar-refractivity contribution in [2.45, 2.75) is 6.54 Å². The Morgan fingerprint density at radius 3 is 2.43 bits per heavy atom. The van der Waals surface area contributed by atoms with Crippen molar-refractivity contribution >= 4 is 74.9 Å². The van der Waals surface area contributed by atoms with E-state index in [2.05, 4.69) is 14.1 Å². The molecular weight excluding hydrogens is 372 g/mol. The maximum absolute atomic E-state index is 6.23. The first kappa shape index (κ1) is 15.1. The molecule has 21 heavy (non-hydrogen) atoms. The highest BCUT2D eigenvalue weighted by Gasteiger charge is 2.14. The van der Waals surface area contributed by atoms with E-state index in [9.17, 15) is 0 Å². The molecule has 0 saturated heterocycles. The summed E-state index contributed by atoms with van der Waals surface area (Å²) in [6.07, 6.45) is 0. The molecule has 0 unspecified atom stereocenters. The van der Waals surface area contributed by atoms with Gasteiger partial charge in [-0.3, -0.25) is 0 Å². The molecule has 108 valence electrons. The molecule has 0 bridgehead atoms. The second-order valence-corrected chi connectivity index (χ2v) is 6.45. The second kappa shape index (κ2) is 6.15. The minimum Gasteiger partial charge on any atom is -0.378 e. The number of hydrogen-bond acceptors (Lipinski definition) is 4. The summed E-state index contributed by atoms with van der Waals surface area (Å²) in [5.41, 5.74) is 2.89. The van der Waals surface area contributed by atoms with Crippen molar-refractivity contribution in [1.82, 2.24) is 8.75 Å². The molecule has 0 aliphatic carbocycles. The van der Waals surface area contributed by atoms with Gasteiger partial charge >= 0.3 is 0 Å². The highest BCUT2D eigenvalue weighted by atomic mass is 35.5. The predicted octanol–water partition coefficient (Wildman–Crippen LogP) is 5.92. The average Bonchev–Trinajstić information content (AvgIpc) is 2.90. The van der Waals surface area contributed by atoms with Gasteiger partial charge in [0.1, 0.15) is 11.0 Å². The number of nitrogens with one attached hydrogen (secondary N) is 1. The number of fused-ring (bicyclic) bond motifs is 1. The van der Waals surface area contributed by atoms with Gasteiger partial charge in [0.25, 0.3) is 0 Å². The Hall–Kier alpha value is -0.780. The monoisotopic (exact) mass is 377 g/mol. The van der Waals surface area contributed by atoms with Gasteiger partial charge in [-0.1, -0.05) is 52.5 Å². The van der Waals surface area contributed by atoms with Crippen LogP contribution in [0, 0.1) is 0 Å². The zero-order valence-electron chi connectivity index (χ0n) is 10.3. The molecule has 1 aromatic heterocycles. The predicted molar refractivity (Wildman–Crippen MR) is 91.2 cm³/mol. The number of aromatic nitrogens is 2. The van der Waals surface area contributed by atoms with Crippen molar-refractivity contribution in [3.05, 3.63) is 49.9 Å². The van der Waals surface area contributed by atoms with Gasteiger partial charge in [0.15, 0.2) is 0 Å². The highest BCUT2D eigenvalue weighted by molar-refractivity contribution is 7.00. The van der Waals surface area contributed by atoms with Crippen LogP contribution in [0.25, 0.3) is 11.0 Å². The summed E-state index contributed by atoms with van der Waals surface area (Å²) in [6.45, 7) is 0.490. The quantitative estimate of drug-likeness (QED) is 0.614. The molecule has 2 aromatic carbocycles. The molecule has 0 saturated carbocycles. The molecule has 3 nitrogen and oxygen atoms in total. The number of hydrogen-bond donors (Lipinski definition) is 1. The minimum atomic E-state index is 0.485. The fourth-order valence-corrected chi connectivity index (χ4v) is 3.55. The molecule has 3 aromatic rings. The second-order valence-electron chi connectivity index (χ2n) is 4.27. The molecule has 0 aliphatic rings. The normalized spacial score (nSPS) is 11.0. The third-order valence-corrected chi connectivity index (χ3v) is 4.62. The van der Waals surface area contributed by atoms with Crippen LogP contribution in [-0.4, -0.2) is 8.75 Å². The third kappa shape index (κ3) is 3.05. The van der Waals surface area contributed by atoms with Crippen molar-refractivity contribution in [1.29, 1.82) is 0 Å². The topological polar surface area (TPSA) is 37.8 Å². The van der Waals surface area contributed by atoms with Crippen molar-refractivity contribution in [2.24, 2.45) is 0 Å². The lowest BCUT2D eigenvalue weighted by Crippen LogP contribution is -2.01. The maximum atomic E-state index is 6.23. The smallest absolute Gasteiger partial charge is 0.130 e. The van der Waals surface area contributed by atoms with E-state index in [0.29, 0.717) is 43.4 Å². The Balaban J connectivity index is 1.93. The summed E-state index contributed by atoms with van der Waals surface area (Å²) in [5.74, 6) is 0. The number of benzene rings is 2. The van der Waals surface area contributed by atoms with Crippen molar-refractivity contribution in [2.75, 3.05) is 5.32 Å². The molecule has 8 heteroatoms. The number of nitrogens with zero attached hydrogens (tertiary/aromatic N) is 2. The van der Waals surface area contributed by atoms with E-state index in [0.717, 1.165) is 17.3 Å². The van der Waals surface area contributed by atoms with Gasteiger partial charge in [0.2, 0.25) is 0 Å². The summed E-state index contributed by atoms with van der Waals surface area (Å²) in [7, 11) is 0. The SMILES string of the molecule is Clc1ccc(CNc2c(Cl)cc(Cl)c3nsnc23)c(Cl)c1. The third-order valence-electron chi connectivity index (χ3n) is 2.91. The van der Waals surface area contributed by atoms with E-state index < -0.39 is 0 Å². The lowest BCUT2D eigenvalue weighted by atomic mass is 10.2. The molecule has 0 amide bonds. The van der Waals surface area contributed by atoms with Crippen LogP contribution in [0.1, 0.15) is 5.56 Å². The molecule has 0 atom stereocenters. The van der Waals surface area contributed by atoms with E-state index in [4.69, 9.17) is 46.4 Å². The van der Waals surface area contributed by atoms with Gasteiger partial charge < -0.3 is 5.32 Å². The van der Waals surface area contributed by atoms with Crippen molar-refractivity contribution in [3.8, 4) is 0 Å². The average molecular weight is 379 g/mol. The van der Waals surface area contributed by atoms with E-state index in [1.807, 2.05) is 6.07 Å². The lowest BCUT2D eigenvalue weighted by Gasteiger charge is -2.11. The van der Waals surface area contributed by atoms with Gasteiger partial charge in [0, 0.05) is 16.6 Å². The minimum absolute atomic E-state index is 0.485. The van der Waals surface area contributed by atoms with Crippen LogP contribution in [-0.2, 0) is 6.54 Å². The van der Waals surface area contributed by atoms with Crippen LogP contribution in [0.3, 0.4) is 0 Å². The Morgan fingerprint density at radius 2 is 1.67 bits per heavy atom. The van der Waals surface area contributed by atoms with E-state index in [1.54, 1.807) is 18.2 Å². The zero-order chi connectivity index (χ0) is 15.0. The summed E-state index contributed by atoms with van der Waals surface area (Å²) in [4.78, 5) is 0. The Bertz CT molecular complexity index is 819. The van der Waals surface area contributed by atoms with Crippen molar-refractivity contribution < 1.29 is 0 Å². The maximum Gasteiger partial charge on any atom is 0.130 e. The Kier molecular flexibility index (Phi) is 4.43. The van der Waals surface area contributed by atoms with Gasteiger partial charge in [0.05, 0.1) is 27.5 Å². The molecule has 0 radical (unpaired) electrons. The Morgan fingerprint density at radius 1 is 0.905 bits per heavy atom. The molecule has 0 aliphatic heterocycles. The van der Waals surface area contributed by atoms with Crippen LogP contribution in [0.15, 0.2) is 24.3 Å². The van der Waals surface area contributed by atoms with E-state index in [-0.39, 0.29) is 0 Å². The first-order valence-electron chi connectivity index (χ1n) is 5.84. The lowest BCUT2D eigenvalue weighted by molar-refractivity contribution is 1.15. The number of halogens is 4. The fourth-order valence-electron chi connectivity index (χ4n) is 1.89. The molecule has 0 spiro atoms. The number of anilines is 1. The van der Waals surface area contributed by atoms with Gasteiger partial charge in [-0.15, -0.1) is 0 Å². The largest absolute Gasteiger partial charge is 0.378 e. The van der Waals surface area contributed by atoms with E-state index in [1.165, 1.54) is 0 Å². The molecule has 1 N–H and O–H groups in total. The van der Waals surface area contributed by atoms with Gasteiger partial charge in [-0.25, -0.2) is 0 Å². The molecule has 1 heterocycles. The van der Waals surface area contributed by atoms with Crippen molar-refractivity contribution in [3.63, 3.8) is 0 Å². The first-order chi connectivity index (χ1) is 10.1. The molecule has 3 rings (SSSR count). The van der Waals surface area contributed by atoms with Crippen LogP contribution in [0.2, 0.25) is 20.1 Å². The summed E-state index contributed by atoms with van der Waals surface area (Å²) < 4.78 is 8.39. The number of rotatable bonds is 3. The van der Waals surface area contributed by atoms with Crippen LogP contribution in [0.4, 0.5) is 5.69 Å². The molecule has 0 fully saturated rings. The molecular formula is C13H7Cl4N3S. The fraction of sp³-hybridized carbons (Fsp3) is 0.0769.